The smallest absolute Gasteiger partial charge is 0.0864 e. The molecule has 0 atom stereocenters. The van der Waals surface area contributed by atoms with Crippen molar-refractivity contribution in [1.82, 2.24) is 9.97 Å². The topological polar surface area (TPSA) is 28.7 Å². The van der Waals surface area contributed by atoms with Gasteiger partial charge < -0.3 is 4.98 Å². The highest BCUT2D eigenvalue weighted by atomic mass is 14.8. The molecule has 2 aromatic rings. The number of aromatic nitrogens is 2. The van der Waals surface area contributed by atoms with E-state index in [2.05, 4.69) is 29.0 Å². The molecule has 1 N–H and O–H groups in total. The number of pyridine rings is 1. The number of hydrogen-bond donors (Lipinski definition) is 1. The highest BCUT2D eigenvalue weighted by Crippen LogP contribution is 2.15. The van der Waals surface area contributed by atoms with Crippen molar-refractivity contribution in [3.63, 3.8) is 0 Å². The van der Waals surface area contributed by atoms with Crippen molar-refractivity contribution in [3.05, 3.63) is 42.2 Å². The van der Waals surface area contributed by atoms with E-state index in [9.17, 15) is 0 Å². The van der Waals surface area contributed by atoms with E-state index in [4.69, 9.17) is 0 Å². The molecule has 66 valence electrons. The summed E-state index contributed by atoms with van der Waals surface area (Å²) < 4.78 is 0. The molecule has 0 aliphatic rings. The van der Waals surface area contributed by atoms with E-state index in [0.29, 0.717) is 0 Å². The zero-order valence-corrected chi connectivity index (χ0v) is 7.62. The van der Waals surface area contributed by atoms with Crippen molar-refractivity contribution < 1.29 is 0 Å². The lowest BCUT2D eigenvalue weighted by atomic mass is 10.3. The average Bonchev–Trinajstić information content (AvgIpc) is 2.67. The molecule has 0 unspecified atom stereocenters. The van der Waals surface area contributed by atoms with Crippen LogP contribution in [-0.2, 0) is 6.42 Å². The fourth-order valence-corrected chi connectivity index (χ4v) is 1.32. The van der Waals surface area contributed by atoms with Crippen molar-refractivity contribution in [3.8, 4) is 11.4 Å². The molecule has 0 saturated carbocycles. The molecule has 0 aromatic carbocycles. The van der Waals surface area contributed by atoms with Crippen LogP contribution in [0, 0.1) is 0 Å². The van der Waals surface area contributed by atoms with E-state index in [0.717, 1.165) is 17.8 Å². The van der Waals surface area contributed by atoms with Gasteiger partial charge in [-0.2, -0.15) is 0 Å². The Labute approximate surface area is 77.6 Å². The first-order valence-electron chi connectivity index (χ1n) is 4.49. The van der Waals surface area contributed by atoms with Gasteiger partial charge in [0.1, 0.15) is 0 Å². The maximum absolute atomic E-state index is 4.27. The minimum Gasteiger partial charge on any atom is -0.357 e. The quantitative estimate of drug-likeness (QED) is 0.741. The van der Waals surface area contributed by atoms with Crippen LogP contribution in [-0.4, -0.2) is 9.97 Å². The zero-order chi connectivity index (χ0) is 9.10. The first kappa shape index (κ1) is 8.05. The summed E-state index contributed by atoms with van der Waals surface area (Å²) in [6.07, 6.45) is 2.84. The monoisotopic (exact) mass is 172 g/mol. The Morgan fingerprint density at radius 2 is 2.15 bits per heavy atom. The summed E-state index contributed by atoms with van der Waals surface area (Å²) in [6, 6.07) is 10.1. The summed E-state index contributed by atoms with van der Waals surface area (Å²) in [5.74, 6) is 0. The molecule has 0 amide bonds. The highest BCUT2D eigenvalue weighted by molar-refractivity contribution is 5.54. The Balaban J connectivity index is 2.36. The van der Waals surface area contributed by atoms with Crippen molar-refractivity contribution in [2.75, 3.05) is 0 Å². The number of nitrogens with zero attached hydrogens (tertiary/aromatic N) is 1. The predicted octanol–water partition coefficient (Wildman–Crippen LogP) is 2.64. The molecule has 2 heteroatoms. The molecule has 13 heavy (non-hydrogen) atoms. The molecule has 2 heterocycles. The second-order valence-electron chi connectivity index (χ2n) is 2.97. The Morgan fingerprint density at radius 1 is 1.23 bits per heavy atom. The van der Waals surface area contributed by atoms with Crippen LogP contribution in [0.15, 0.2) is 36.5 Å². The number of aryl methyl sites for hydroxylation is 1. The van der Waals surface area contributed by atoms with E-state index in [1.165, 1.54) is 5.69 Å². The van der Waals surface area contributed by atoms with Crippen LogP contribution in [0.2, 0.25) is 0 Å². The van der Waals surface area contributed by atoms with Crippen LogP contribution in [0.1, 0.15) is 12.6 Å². The number of nitrogens with one attached hydrogen (secondary N) is 1. The van der Waals surface area contributed by atoms with Crippen LogP contribution in [0.25, 0.3) is 11.4 Å². The van der Waals surface area contributed by atoms with E-state index in [-0.39, 0.29) is 0 Å². The Bertz CT molecular complexity index is 376. The Kier molecular flexibility index (Phi) is 2.13. The standard InChI is InChI=1S/C11H12N2/c1-2-9-6-7-11(13-9)10-5-3-4-8-12-10/h3-8,13H,2H2,1H3. The Morgan fingerprint density at radius 3 is 2.77 bits per heavy atom. The highest BCUT2D eigenvalue weighted by Gasteiger charge is 1.99. The molecule has 0 spiro atoms. The van der Waals surface area contributed by atoms with Gasteiger partial charge in [-0.3, -0.25) is 4.98 Å². The molecule has 0 aliphatic heterocycles. The lowest BCUT2D eigenvalue weighted by Crippen LogP contribution is -1.83. The maximum Gasteiger partial charge on any atom is 0.0864 e. The maximum atomic E-state index is 4.27. The van der Waals surface area contributed by atoms with Gasteiger partial charge in [0.2, 0.25) is 0 Å². The molecular weight excluding hydrogens is 160 g/mol. The zero-order valence-electron chi connectivity index (χ0n) is 7.62. The normalized spacial score (nSPS) is 10.2. The van der Waals surface area contributed by atoms with E-state index < -0.39 is 0 Å². The first-order chi connectivity index (χ1) is 6.40. The third-order valence-corrected chi connectivity index (χ3v) is 2.07. The van der Waals surface area contributed by atoms with Crippen molar-refractivity contribution >= 4 is 0 Å². The summed E-state index contributed by atoms with van der Waals surface area (Å²) >= 11 is 0. The van der Waals surface area contributed by atoms with Gasteiger partial charge >= 0.3 is 0 Å². The summed E-state index contributed by atoms with van der Waals surface area (Å²) in [5.41, 5.74) is 3.35. The number of hydrogen-bond acceptors (Lipinski definition) is 1. The van der Waals surface area contributed by atoms with Crippen molar-refractivity contribution in [2.24, 2.45) is 0 Å². The lowest BCUT2D eigenvalue weighted by molar-refractivity contribution is 1.06. The van der Waals surface area contributed by atoms with Gasteiger partial charge in [-0.15, -0.1) is 0 Å². The van der Waals surface area contributed by atoms with Crippen molar-refractivity contribution in [2.45, 2.75) is 13.3 Å². The minimum atomic E-state index is 1.00. The molecule has 0 aliphatic carbocycles. The molecule has 0 saturated heterocycles. The average molecular weight is 172 g/mol. The molecule has 0 radical (unpaired) electrons. The van der Waals surface area contributed by atoms with Crippen LogP contribution in [0.4, 0.5) is 0 Å². The van der Waals surface area contributed by atoms with E-state index >= 15 is 0 Å². The summed E-state index contributed by atoms with van der Waals surface area (Å²) in [5, 5.41) is 0. The molecule has 2 nitrogen and oxygen atoms in total. The molecule has 0 fully saturated rings. The largest absolute Gasteiger partial charge is 0.357 e. The van der Waals surface area contributed by atoms with Gasteiger partial charge in [0, 0.05) is 11.9 Å². The molecule has 2 aromatic heterocycles. The fraction of sp³-hybridized carbons (Fsp3) is 0.182. The Hall–Kier alpha value is -1.57. The van der Waals surface area contributed by atoms with Crippen LogP contribution >= 0.6 is 0 Å². The summed E-state index contributed by atoms with van der Waals surface area (Å²) in [7, 11) is 0. The van der Waals surface area contributed by atoms with Gasteiger partial charge in [0.15, 0.2) is 0 Å². The van der Waals surface area contributed by atoms with Gasteiger partial charge in [-0.25, -0.2) is 0 Å². The SMILES string of the molecule is CCc1ccc(-c2ccccn2)[nH]1. The predicted molar refractivity (Wildman–Crippen MR) is 53.4 cm³/mol. The van der Waals surface area contributed by atoms with E-state index in [1.807, 2.05) is 24.4 Å². The van der Waals surface area contributed by atoms with Crippen LogP contribution in [0.5, 0.6) is 0 Å². The second kappa shape index (κ2) is 3.44. The van der Waals surface area contributed by atoms with Gasteiger partial charge in [0.25, 0.3) is 0 Å². The molecular formula is C11H12N2. The van der Waals surface area contributed by atoms with Crippen LogP contribution in [0.3, 0.4) is 0 Å². The van der Waals surface area contributed by atoms with E-state index in [1.54, 1.807) is 0 Å². The minimum absolute atomic E-state index is 1.00. The van der Waals surface area contributed by atoms with Gasteiger partial charge in [0.05, 0.1) is 11.4 Å². The lowest BCUT2D eigenvalue weighted by Gasteiger charge is -1.95. The third-order valence-electron chi connectivity index (χ3n) is 2.07. The fourth-order valence-electron chi connectivity index (χ4n) is 1.32. The first-order valence-corrected chi connectivity index (χ1v) is 4.49. The van der Waals surface area contributed by atoms with Gasteiger partial charge in [-0.05, 0) is 30.7 Å². The number of aromatic amines is 1. The number of rotatable bonds is 2. The molecule has 2 rings (SSSR count). The number of H-pyrrole nitrogens is 1. The third kappa shape index (κ3) is 1.61. The summed E-state index contributed by atoms with van der Waals surface area (Å²) in [4.78, 5) is 7.58. The second-order valence-corrected chi connectivity index (χ2v) is 2.97. The van der Waals surface area contributed by atoms with Crippen molar-refractivity contribution in [1.29, 1.82) is 0 Å². The summed E-state index contributed by atoms with van der Waals surface area (Å²) in [6.45, 7) is 2.13. The van der Waals surface area contributed by atoms with Gasteiger partial charge in [-0.1, -0.05) is 13.0 Å². The molecule has 0 bridgehead atoms. The van der Waals surface area contributed by atoms with Crippen LogP contribution < -0.4 is 0 Å².